The lowest BCUT2D eigenvalue weighted by Gasteiger charge is -2.31. The molecule has 0 unspecified atom stereocenters. The first-order valence-corrected chi connectivity index (χ1v) is 7.60. The van der Waals surface area contributed by atoms with Crippen molar-refractivity contribution in [1.82, 2.24) is 9.80 Å². The molecule has 3 nitrogen and oxygen atoms in total. The fourth-order valence-electron chi connectivity index (χ4n) is 1.99. The smallest absolute Gasteiger partial charge is 0.209 e. The number of benzene rings is 1. The summed E-state index contributed by atoms with van der Waals surface area (Å²) < 4.78 is 0. The topological polar surface area (TPSA) is 23.6 Å². The second-order valence-electron chi connectivity index (χ2n) is 4.73. The zero-order valence-electron chi connectivity index (χ0n) is 13.7. The fraction of sp³-hybridized carbons (Fsp3) is 0.588. The van der Waals surface area contributed by atoms with Crippen molar-refractivity contribution < 1.29 is 4.79 Å². The van der Waals surface area contributed by atoms with Gasteiger partial charge < -0.3 is 9.80 Å². The van der Waals surface area contributed by atoms with Crippen LogP contribution in [0.15, 0.2) is 24.3 Å². The van der Waals surface area contributed by atoms with Gasteiger partial charge in [-0.15, -0.1) is 0 Å². The van der Waals surface area contributed by atoms with E-state index >= 15 is 0 Å². The molecule has 0 atom stereocenters. The molecule has 1 fully saturated rings. The van der Waals surface area contributed by atoms with Gasteiger partial charge in [0.1, 0.15) is 0 Å². The van der Waals surface area contributed by atoms with Crippen molar-refractivity contribution in [1.29, 1.82) is 0 Å². The largest absolute Gasteiger partial charge is 0.343 e. The van der Waals surface area contributed by atoms with E-state index in [0.29, 0.717) is 0 Å². The van der Waals surface area contributed by atoms with E-state index in [-0.39, 0.29) is 0 Å². The van der Waals surface area contributed by atoms with Crippen molar-refractivity contribution >= 4 is 6.41 Å². The number of likely N-dealkylation sites (N-methyl/N-ethyl adjacent to an activating group) is 1. The summed E-state index contributed by atoms with van der Waals surface area (Å²) in [6.07, 6.45) is 0.938. The maximum absolute atomic E-state index is 10.3. The van der Waals surface area contributed by atoms with E-state index in [4.69, 9.17) is 0 Å². The third-order valence-electron chi connectivity index (χ3n) is 3.18. The van der Waals surface area contributed by atoms with Gasteiger partial charge in [-0.3, -0.25) is 4.79 Å². The Balaban J connectivity index is 0.000000327. The van der Waals surface area contributed by atoms with Crippen LogP contribution in [0.2, 0.25) is 0 Å². The number of hydrogen-bond donors (Lipinski definition) is 0. The number of amides is 1. The predicted molar refractivity (Wildman–Crippen MR) is 87.0 cm³/mol. The summed E-state index contributed by atoms with van der Waals surface area (Å²) in [5.41, 5.74) is 2.68. The van der Waals surface area contributed by atoms with Gasteiger partial charge in [0.25, 0.3) is 0 Å². The number of aryl methyl sites for hydroxylation is 2. The molecule has 1 saturated heterocycles. The van der Waals surface area contributed by atoms with Crippen molar-refractivity contribution in [3.8, 4) is 0 Å². The molecular weight excluding hydrogens is 248 g/mol. The molecule has 1 amide bonds. The Kier molecular flexibility index (Phi) is 10.7. The van der Waals surface area contributed by atoms with Gasteiger partial charge in [0.2, 0.25) is 6.41 Å². The van der Waals surface area contributed by atoms with Crippen LogP contribution < -0.4 is 0 Å². The maximum Gasteiger partial charge on any atom is 0.209 e. The number of rotatable bonds is 2. The molecule has 3 heteroatoms. The summed E-state index contributed by atoms with van der Waals surface area (Å²) in [5.74, 6) is 0. The molecule has 0 aromatic heterocycles. The molecule has 1 aromatic rings. The van der Waals surface area contributed by atoms with Gasteiger partial charge in [-0.2, -0.15) is 0 Å². The van der Waals surface area contributed by atoms with Crippen LogP contribution in [0.4, 0.5) is 0 Å². The molecule has 1 heterocycles. The van der Waals surface area contributed by atoms with Crippen LogP contribution in [0.25, 0.3) is 0 Å². The third kappa shape index (κ3) is 7.95. The molecular formula is C17H30N2O. The molecule has 0 radical (unpaired) electrons. The van der Waals surface area contributed by atoms with Gasteiger partial charge in [-0.25, -0.2) is 0 Å². The molecule has 1 aromatic carbocycles. The lowest BCUT2D eigenvalue weighted by molar-refractivity contribution is -0.119. The molecule has 2 rings (SSSR count). The zero-order valence-corrected chi connectivity index (χ0v) is 13.7. The zero-order chi connectivity index (χ0) is 15.4. The lowest BCUT2D eigenvalue weighted by atomic mass is 10.2. The summed E-state index contributed by atoms with van der Waals surface area (Å²) in [7, 11) is 0. The number of hydrogen-bond acceptors (Lipinski definition) is 2. The average Bonchev–Trinajstić information content (AvgIpc) is 2.50. The highest BCUT2D eigenvalue weighted by atomic mass is 16.1. The molecule has 0 spiro atoms. The van der Waals surface area contributed by atoms with Gasteiger partial charge in [0, 0.05) is 26.2 Å². The van der Waals surface area contributed by atoms with E-state index in [1.807, 2.05) is 18.7 Å². The second kappa shape index (κ2) is 11.5. The van der Waals surface area contributed by atoms with Crippen LogP contribution in [0.1, 0.15) is 31.9 Å². The van der Waals surface area contributed by atoms with Crippen LogP contribution in [-0.4, -0.2) is 48.9 Å². The minimum Gasteiger partial charge on any atom is -0.343 e. The summed E-state index contributed by atoms with van der Waals surface area (Å²) in [6.45, 7) is 15.3. The van der Waals surface area contributed by atoms with Crippen molar-refractivity contribution in [3.63, 3.8) is 0 Å². The van der Waals surface area contributed by atoms with Gasteiger partial charge in [-0.1, -0.05) is 56.2 Å². The predicted octanol–water partition coefficient (Wildman–Crippen LogP) is 3.11. The third-order valence-corrected chi connectivity index (χ3v) is 3.18. The van der Waals surface area contributed by atoms with Crippen molar-refractivity contribution in [2.24, 2.45) is 0 Å². The Morgan fingerprint density at radius 3 is 1.85 bits per heavy atom. The SMILES string of the molecule is CC.CCN1CCN(C=O)CC1.Cc1cccc(C)c1. The van der Waals surface area contributed by atoms with E-state index in [9.17, 15) is 4.79 Å². The van der Waals surface area contributed by atoms with Crippen LogP contribution in [0.3, 0.4) is 0 Å². The molecule has 20 heavy (non-hydrogen) atoms. The van der Waals surface area contributed by atoms with Gasteiger partial charge >= 0.3 is 0 Å². The lowest BCUT2D eigenvalue weighted by Crippen LogP contribution is -2.45. The first-order valence-electron chi connectivity index (χ1n) is 7.60. The Hall–Kier alpha value is -1.35. The Bertz CT molecular complexity index is 341. The summed E-state index contributed by atoms with van der Waals surface area (Å²) in [5, 5.41) is 0. The molecule has 0 N–H and O–H groups in total. The van der Waals surface area contributed by atoms with Crippen LogP contribution in [0, 0.1) is 13.8 Å². The quantitative estimate of drug-likeness (QED) is 0.776. The van der Waals surface area contributed by atoms with Crippen LogP contribution in [-0.2, 0) is 4.79 Å². The molecule has 0 saturated carbocycles. The second-order valence-corrected chi connectivity index (χ2v) is 4.73. The molecule has 1 aliphatic heterocycles. The first-order chi connectivity index (χ1) is 9.65. The standard InChI is InChI=1S/C8H10.C7H14N2O.C2H6/c1-7-4-3-5-8(2)6-7;1-2-8-3-5-9(7-10)6-4-8;1-2/h3-6H,1-2H3;7H,2-6H2,1H3;1-2H3. The van der Waals surface area contributed by atoms with E-state index in [2.05, 4.69) is 49.9 Å². The Morgan fingerprint density at radius 2 is 1.55 bits per heavy atom. The van der Waals surface area contributed by atoms with E-state index < -0.39 is 0 Å². The van der Waals surface area contributed by atoms with E-state index in [0.717, 1.165) is 39.1 Å². The van der Waals surface area contributed by atoms with Crippen molar-refractivity contribution in [3.05, 3.63) is 35.4 Å². The van der Waals surface area contributed by atoms with E-state index in [1.165, 1.54) is 11.1 Å². The van der Waals surface area contributed by atoms with Gasteiger partial charge in [0.05, 0.1) is 0 Å². The number of carbonyl (C=O) groups excluding carboxylic acids is 1. The molecule has 0 bridgehead atoms. The minimum atomic E-state index is 0.900. The number of carbonyl (C=O) groups is 1. The molecule has 0 aliphatic carbocycles. The Labute approximate surface area is 124 Å². The van der Waals surface area contributed by atoms with Crippen LogP contribution in [0.5, 0.6) is 0 Å². The molecule has 1 aliphatic rings. The summed E-state index contributed by atoms with van der Waals surface area (Å²) in [4.78, 5) is 14.4. The maximum atomic E-state index is 10.3. The average molecular weight is 278 g/mol. The minimum absolute atomic E-state index is 0.900. The van der Waals surface area contributed by atoms with E-state index in [1.54, 1.807) is 0 Å². The van der Waals surface area contributed by atoms with Crippen molar-refractivity contribution in [2.75, 3.05) is 32.7 Å². The summed E-state index contributed by atoms with van der Waals surface area (Å²) >= 11 is 0. The number of piperazine rings is 1. The molecule has 114 valence electrons. The van der Waals surface area contributed by atoms with Crippen molar-refractivity contribution in [2.45, 2.75) is 34.6 Å². The Morgan fingerprint density at radius 1 is 1.05 bits per heavy atom. The number of nitrogens with zero attached hydrogens (tertiary/aromatic N) is 2. The van der Waals surface area contributed by atoms with Crippen LogP contribution >= 0.6 is 0 Å². The van der Waals surface area contributed by atoms with Gasteiger partial charge in [0.15, 0.2) is 0 Å². The highest BCUT2D eigenvalue weighted by Crippen LogP contribution is 2.00. The fourth-order valence-corrected chi connectivity index (χ4v) is 1.99. The summed E-state index contributed by atoms with van der Waals surface area (Å²) in [6, 6.07) is 8.45. The highest BCUT2D eigenvalue weighted by molar-refractivity contribution is 5.47. The first kappa shape index (κ1) is 18.7. The monoisotopic (exact) mass is 278 g/mol. The highest BCUT2D eigenvalue weighted by Gasteiger charge is 2.12. The normalized spacial score (nSPS) is 14.6. The van der Waals surface area contributed by atoms with Gasteiger partial charge in [-0.05, 0) is 20.4 Å².